The van der Waals surface area contributed by atoms with Gasteiger partial charge in [-0.05, 0) is 18.2 Å². The van der Waals surface area contributed by atoms with Crippen LogP contribution in [0.2, 0.25) is 0 Å². The second-order valence-corrected chi connectivity index (χ2v) is 6.33. The van der Waals surface area contributed by atoms with Crippen LogP contribution in [0.5, 0.6) is 11.5 Å². The third-order valence-electron chi connectivity index (χ3n) is 4.58. The van der Waals surface area contributed by atoms with E-state index in [1.54, 1.807) is 32.4 Å². The Morgan fingerprint density at radius 1 is 0.828 bits per heavy atom. The number of rotatable bonds is 5. The van der Waals surface area contributed by atoms with E-state index in [4.69, 9.17) is 9.47 Å². The Bertz CT molecular complexity index is 1180. The highest BCUT2D eigenvalue weighted by atomic mass is 16.5. The molecule has 0 atom stereocenters. The highest BCUT2D eigenvalue weighted by Crippen LogP contribution is 2.31. The zero-order valence-electron chi connectivity index (χ0n) is 16.0. The number of carbonyl (C=O) groups excluding carboxylic acids is 1. The van der Waals surface area contributed by atoms with Gasteiger partial charge in [-0.15, -0.1) is 10.2 Å². The van der Waals surface area contributed by atoms with Crippen LogP contribution in [0, 0.1) is 0 Å². The summed E-state index contributed by atoms with van der Waals surface area (Å²) in [5.41, 5.74) is 3.07. The second-order valence-electron chi connectivity index (χ2n) is 6.33. The SMILES string of the molecule is COc1ccc(NC(=O)c2c(-c3ccccc3)nnc3ccccc23)cc1OC. The lowest BCUT2D eigenvalue weighted by Crippen LogP contribution is -2.15. The highest BCUT2D eigenvalue weighted by molar-refractivity contribution is 6.15. The quantitative estimate of drug-likeness (QED) is 0.545. The number of fused-ring (bicyclic) bond motifs is 1. The summed E-state index contributed by atoms with van der Waals surface area (Å²) in [5, 5.41) is 12.3. The fraction of sp³-hybridized carbons (Fsp3) is 0.0870. The molecule has 144 valence electrons. The molecule has 0 unspecified atom stereocenters. The fourth-order valence-corrected chi connectivity index (χ4v) is 3.19. The van der Waals surface area contributed by atoms with Gasteiger partial charge >= 0.3 is 0 Å². The van der Waals surface area contributed by atoms with E-state index in [0.717, 1.165) is 10.9 Å². The van der Waals surface area contributed by atoms with Gasteiger partial charge in [-0.25, -0.2) is 0 Å². The number of anilines is 1. The van der Waals surface area contributed by atoms with E-state index in [9.17, 15) is 4.79 Å². The number of methoxy groups -OCH3 is 2. The van der Waals surface area contributed by atoms with Crippen LogP contribution >= 0.6 is 0 Å². The molecule has 1 amide bonds. The Morgan fingerprint density at radius 3 is 2.31 bits per heavy atom. The van der Waals surface area contributed by atoms with Crippen LogP contribution < -0.4 is 14.8 Å². The first-order chi connectivity index (χ1) is 14.2. The molecule has 0 aliphatic carbocycles. The molecule has 6 nitrogen and oxygen atoms in total. The average Bonchev–Trinajstić information content (AvgIpc) is 2.78. The van der Waals surface area contributed by atoms with Gasteiger partial charge in [0.1, 0.15) is 5.69 Å². The summed E-state index contributed by atoms with van der Waals surface area (Å²) in [6.07, 6.45) is 0. The molecule has 0 saturated carbocycles. The molecule has 0 saturated heterocycles. The van der Waals surface area contributed by atoms with E-state index in [-0.39, 0.29) is 5.91 Å². The van der Waals surface area contributed by atoms with Crippen LogP contribution in [0.3, 0.4) is 0 Å². The summed E-state index contributed by atoms with van der Waals surface area (Å²) < 4.78 is 10.6. The van der Waals surface area contributed by atoms with Gasteiger partial charge in [-0.1, -0.05) is 48.5 Å². The van der Waals surface area contributed by atoms with Gasteiger partial charge in [-0.3, -0.25) is 4.79 Å². The summed E-state index contributed by atoms with van der Waals surface area (Å²) in [4.78, 5) is 13.3. The smallest absolute Gasteiger partial charge is 0.258 e. The lowest BCUT2D eigenvalue weighted by Gasteiger charge is -2.13. The van der Waals surface area contributed by atoms with Crippen LogP contribution in [0.4, 0.5) is 5.69 Å². The summed E-state index contributed by atoms with van der Waals surface area (Å²) in [7, 11) is 3.12. The number of nitrogens with one attached hydrogen (secondary N) is 1. The van der Waals surface area contributed by atoms with Crippen LogP contribution in [-0.2, 0) is 0 Å². The maximum atomic E-state index is 13.3. The predicted molar refractivity (Wildman–Crippen MR) is 112 cm³/mol. The number of hydrogen-bond donors (Lipinski definition) is 1. The second kappa shape index (κ2) is 7.98. The van der Waals surface area contributed by atoms with Gasteiger partial charge in [0, 0.05) is 22.7 Å². The van der Waals surface area contributed by atoms with E-state index < -0.39 is 0 Å². The van der Waals surface area contributed by atoms with Crippen LogP contribution in [0.15, 0.2) is 72.8 Å². The van der Waals surface area contributed by atoms with Crippen molar-refractivity contribution in [2.45, 2.75) is 0 Å². The monoisotopic (exact) mass is 385 g/mol. The number of ether oxygens (including phenoxy) is 2. The van der Waals surface area contributed by atoms with E-state index in [1.165, 1.54) is 0 Å². The molecule has 1 aromatic heterocycles. The molecule has 0 bridgehead atoms. The van der Waals surface area contributed by atoms with Crippen molar-refractivity contribution < 1.29 is 14.3 Å². The Kier molecular flexibility index (Phi) is 5.07. The van der Waals surface area contributed by atoms with Crippen molar-refractivity contribution in [3.63, 3.8) is 0 Å². The van der Waals surface area contributed by atoms with Crippen molar-refractivity contribution in [1.29, 1.82) is 0 Å². The number of aromatic nitrogens is 2. The third-order valence-corrected chi connectivity index (χ3v) is 4.58. The minimum absolute atomic E-state index is 0.276. The summed E-state index contributed by atoms with van der Waals surface area (Å²) in [6, 6.07) is 22.2. The van der Waals surface area contributed by atoms with E-state index in [0.29, 0.717) is 34.0 Å². The van der Waals surface area contributed by atoms with Crippen molar-refractivity contribution in [3.05, 3.63) is 78.4 Å². The van der Waals surface area contributed by atoms with Crippen molar-refractivity contribution in [2.24, 2.45) is 0 Å². The van der Waals surface area contributed by atoms with Gasteiger partial charge < -0.3 is 14.8 Å². The molecule has 0 spiro atoms. The molecular formula is C23H19N3O3. The summed E-state index contributed by atoms with van der Waals surface area (Å²) >= 11 is 0. The number of amides is 1. The minimum Gasteiger partial charge on any atom is -0.493 e. The van der Waals surface area contributed by atoms with Gasteiger partial charge in [0.15, 0.2) is 11.5 Å². The zero-order chi connectivity index (χ0) is 20.2. The maximum absolute atomic E-state index is 13.3. The van der Waals surface area contributed by atoms with Gasteiger partial charge in [0.05, 0.1) is 25.3 Å². The number of carbonyl (C=O) groups is 1. The predicted octanol–water partition coefficient (Wildman–Crippen LogP) is 4.57. The Balaban J connectivity index is 1.81. The third kappa shape index (κ3) is 3.60. The first kappa shape index (κ1) is 18.4. The van der Waals surface area contributed by atoms with Crippen LogP contribution in [-0.4, -0.2) is 30.3 Å². The summed E-state index contributed by atoms with van der Waals surface area (Å²) in [6.45, 7) is 0. The summed E-state index contributed by atoms with van der Waals surface area (Å²) in [5.74, 6) is 0.847. The molecule has 29 heavy (non-hydrogen) atoms. The molecular weight excluding hydrogens is 366 g/mol. The zero-order valence-corrected chi connectivity index (χ0v) is 16.0. The Hall–Kier alpha value is -3.93. The Morgan fingerprint density at radius 2 is 1.55 bits per heavy atom. The number of nitrogens with zero attached hydrogens (tertiary/aromatic N) is 2. The van der Waals surface area contributed by atoms with Crippen molar-refractivity contribution in [3.8, 4) is 22.8 Å². The molecule has 4 rings (SSSR count). The largest absolute Gasteiger partial charge is 0.493 e. The molecule has 6 heteroatoms. The highest BCUT2D eigenvalue weighted by Gasteiger charge is 2.20. The number of benzene rings is 3. The standard InChI is InChI=1S/C23H19N3O3/c1-28-19-13-12-16(14-20(19)29-2)24-23(27)21-17-10-6-7-11-18(17)25-26-22(21)15-8-4-3-5-9-15/h3-14H,1-2H3,(H,24,27). The van der Waals surface area contributed by atoms with E-state index in [1.807, 2.05) is 54.6 Å². The van der Waals surface area contributed by atoms with Gasteiger partial charge in [0.2, 0.25) is 0 Å². The first-order valence-corrected chi connectivity index (χ1v) is 9.05. The van der Waals surface area contributed by atoms with Crippen LogP contribution in [0.1, 0.15) is 10.4 Å². The van der Waals surface area contributed by atoms with Gasteiger partial charge in [0.25, 0.3) is 5.91 Å². The number of hydrogen-bond acceptors (Lipinski definition) is 5. The normalized spacial score (nSPS) is 10.6. The lowest BCUT2D eigenvalue weighted by molar-refractivity contribution is 0.102. The van der Waals surface area contributed by atoms with Crippen LogP contribution in [0.25, 0.3) is 22.2 Å². The Labute approximate surface area is 168 Å². The maximum Gasteiger partial charge on any atom is 0.258 e. The minimum atomic E-state index is -0.276. The molecule has 0 fully saturated rings. The van der Waals surface area contributed by atoms with Crippen molar-refractivity contribution in [2.75, 3.05) is 19.5 Å². The van der Waals surface area contributed by atoms with Crippen molar-refractivity contribution in [1.82, 2.24) is 10.2 Å². The molecule has 0 aliphatic heterocycles. The average molecular weight is 385 g/mol. The molecule has 0 aliphatic rings. The van der Waals surface area contributed by atoms with Crippen molar-refractivity contribution >= 4 is 22.5 Å². The fourth-order valence-electron chi connectivity index (χ4n) is 3.19. The van der Waals surface area contributed by atoms with E-state index in [2.05, 4.69) is 15.5 Å². The molecule has 1 heterocycles. The molecule has 4 aromatic rings. The molecule has 1 N–H and O–H groups in total. The topological polar surface area (TPSA) is 73.3 Å². The lowest BCUT2D eigenvalue weighted by atomic mass is 10.0. The molecule has 3 aromatic carbocycles. The van der Waals surface area contributed by atoms with E-state index >= 15 is 0 Å². The van der Waals surface area contributed by atoms with Gasteiger partial charge in [-0.2, -0.15) is 0 Å². The first-order valence-electron chi connectivity index (χ1n) is 9.05. The molecule has 0 radical (unpaired) electrons.